The third kappa shape index (κ3) is 4.85. The topological polar surface area (TPSA) is 79.3 Å². The summed E-state index contributed by atoms with van der Waals surface area (Å²) in [5, 5.41) is 11.0. The highest BCUT2D eigenvalue weighted by molar-refractivity contribution is 6.46. The zero-order chi connectivity index (χ0) is 24.1. The van der Waals surface area contributed by atoms with Gasteiger partial charge < -0.3 is 24.4 Å². The maximum absolute atomic E-state index is 13.4. The van der Waals surface area contributed by atoms with Gasteiger partial charge in [-0.2, -0.15) is 0 Å². The van der Waals surface area contributed by atoms with Crippen molar-refractivity contribution in [1.82, 2.24) is 9.80 Å². The second-order valence-electron chi connectivity index (χ2n) is 7.64. The van der Waals surface area contributed by atoms with Crippen LogP contribution in [0.5, 0.6) is 11.5 Å². The molecule has 1 saturated heterocycles. The zero-order valence-corrected chi connectivity index (χ0v) is 19.3. The van der Waals surface area contributed by atoms with Gasteiger partial charge in [0.15, 0.2) is 11.5 Å². The van der Waals surface area contributed by atoms with Crippen LogP contribution in [0.15, 0.2) is 48.0 Å². The van der Waals surface area contributed by atoms with Gasteiger partial charge in [0.25, 0.3) is 11.7 Å². The normalized spacial score (nSPS) is 17.6. The highest BCUT2D eigenvalue weighted by Gasteiger charge is 2.46. The van der Waals surface area contributed by atoms with Gasteiger partial charge in [-0.15, -0.1) is 0 Å². The van der Waals surface area contributed by atoms with Crippen molar-refractivity contribution in [3.8, 4) is 11.5 Å². The van der Waals surface area contributed by atoms with E-state index in [1.807, 2.05) is 13.8 Å². The van der Waals surface area contributed by atoms with Crippen molar-refractivity contribution in [2.75, 3.05) is 40.4 Å². The van der Waals surface area contributed by atoms with Crippen molar-refractivity contribution in [2.24, 2.45) is 0 Å². The summed E-state index contributed by atoms with van der Waals surface area (Å²) in [6.07, 6.45) is 0. The Morgan fingerprint density at radius 3 is 2.24 bits per heavy atom. The molecule has 1 aliphatic rings. The largest absolute Gasteiger partial charge is 0.507 e. The van der Waals surface area contributed by atoms with Crippen LogP contribution in [0.3, 0.4) is 0 Å². The molecule has 1 heterocycles. The van der Waals surface area contributed by atoms with Gasteiger partial charge in [0.1, 0.15) is 11.6 Å². The standard InChI is InChI=1S/C25H29FN2O5/c1-5-27(6-2)13-14-28-22(17-9-12-19(32-3)20(15-17)33-4)21(24(30)25(28)31)23(29)16-7-10-18(26)11-8-16/h7-12,15,22,29H,5-6,13-14H2,1-4H3/t22-/m0/s1. The summed E-state index contributed by atoms with van der Waals surface area (Å²) in [6.45, 7) is 6.52. The van der Waals surface area contributed by atoms with Crippen LogP contribution in [0.1, 0.15) is 31.0 Å². The number of halogens is 1. The van der Waals surface area contributed by atoms with E-state index < -0.39 is 23.5 Å². The minimum absolute atomic E-state index is 0.0432. The number of carbonyl (C=O) groups is 2. The Bertz CT molecular complexity index is 1050. The molecule has 0 unspecified atom stereocenters. The Hall–Kier alpha value is -3.39. The van der Waals surface area contributed by atoms with Crippen LogP contribution < -0.4 is 9.47 Å². The summed E-state index contributed by atoms with van der Waals surface area (Å²) in [5.41, 5.74) is 0.803. The van der Waals surface area contributed by atoms with Gasteiger partial charge in [-0.1, -0.05) is 19.9 Å². The average Bonchev–Trinajstić information content (AvgIpc) is 3.09. The Balaban J connectivity index is 2.14. The summed E-state index contributed by atoms with van der Waals surface area (Å²) in [5.74, 6) is -1.35. The summed E-state index contributed by atoms with van der Waals surface area (Å²) in [6, 6.07) is 9.42. The number of carbonyl (C=O) groups excluding carboxylic acids is 2. The predicted molar refractivity (Wildman–Crippen MR) is 123 cm³/mol. The number of benzene rings is 2. The van der Waals surface area contributed by atoms with E-state index in [2.05, 4.69) is 4.90 Å². The quantitative estimate of drug-likeness (QED) is 0.353. The van der Waals surface area contributed by atoms with E-state index in [9.17, 15) is 19.1 Å². The molecule has 0 saturated carbocycles. The fourth-order valence-corrected chi connectivity index (χ4v) is 4.03. The molecule has 2 aromatic rings. The lowest BCUT2D eigenvalue weighted by molar-refractivity contribution is -0.140. The highest BCUT2D eigenvalue weighted by atomic mass is 19.1. The number of amides is 1. The monoisotopic (exact) mass is 456 g/mol. The van der Waals surface area contributed by atoms with Gasteiger partial charge in [0, 0.05) is 18.7 Å². The van der Waals surface area contributed by atoms with E-state index in [0.29, 0.717) is 30.2 Å². The number of nitrogens with zero attached hydrogens (tertiary/aromatic N) is 2. The summed E-state index contributed by atoms with van der Waals surface area (Å²) in [7, 11) is 3.01. The van der Waals surface area contributed by atoms with Crippen LogP contribution in [0.2, 0.25) is 0 Å². The lowest BCUT2D eigenvalue weighted by Crippen LogP contribution is -2.38. The van der Waals surface area contributed by atoms with Gasteiger partial charge >= 0.3 is 0 Å². The van der Waals surface area contributed by atoms with Gasteiger partial charge in [-0.05, 0) is 55.1 Å². The molecule has 7 nitrogen and oxygen atoms in total. The Morgan fingerprint density at radius 2 is 1.67 bits per heavy atom. The van der Waals surface area contributed by atoms with E-state index in [-0.39, 0.29) is 16.9 Å². The molecule has 0 spiro atoms. The van der Waals surface area contributed by atoms with Crippen LogP contribution in [-0.2, 0) is 9.59 Å². The van der Waals surface area contributed by atoms with Crippen molar-refractivity contribution < 1.29 is 28.6 Å². The van der Waals surface area contributed by atoms with Crippen molar-refractivity contribution in [3.63, 3.8) is 0 Å². The SMILES string of the molecule is CCN(CC)CCN1C(=O)C(=O)C(=C(O)c2ccc(F)cc2)[C@@H]1c1ccc(OC)c(OC)c1. The first kappa shape index (κ1) is 24.3. The first-order valence-corrected chi connectivity index (χ1v) is 10.8. The van der Waals surface area contributed by atoms with Crippen molar-refractivity contribution in [2.45, 2.75) is 19.9 Å². The number of likely N-dealkylation sites (tertiary alicyclic amines) is 1. The smallest absolute Gasteiger partial charge is 0.295 e. The van der Waals surface area contributed by atoms with Crippen molar-refractivity contribution >= 4 is 17.4 Å². The maximum atomic E-state index is 13.4. The number of rotatable bonds is 9. The molecular weight excluding hydrogens is 427 g/mol. The molecule has 0 radical (unpaired) electrons. The molecule has 0 bridgehead atoms. The second-order valence-corrected chi connectivity index (χ2v) is 7.64. The number of hydrogen-bond acceptors (Lipinski definition) is 6. The number of aliphatic hydroxyl groups is 1. The minimum atomic E-state index is -0.828. The third-order valence-electron chi connectivity index (χ3n) is 5.93. The van der Waals surface area contributed by atoms with E-state index in [1.165, 1.54) is 43.4 Å². The fourth-order valence-electron chi connectivity index (χ4n) is 4.03. The highest BCUT2D eigenvalue weighted by Crippen LogP contribution is 2.41. The first-order chi connectivity index (χ1) is 15.9. The van der Waals surface area contributed by atoms with Crippen LogP contribution in [0.4, 0.5) is 4.39 Å². The first-order valence-electron chi connectivity index (χ1n) is 10.8. The number of aliphatic hydroxyl groups excluding tert-OH is 1. The molecule has 3 rings (SSSR count). The Morgan fingerprint density at radius 1 is 1.03 bits per heavy atom. The second kappa shape index (κ2) is 10.5. The van der Waals surface area contributed by atoms with Gasteiger partial charge in [0.2, 0.25) is 0 Å². The molecule has 2 aromatic carbocycles. The maximum Gasteiger partial charge on any atom is 0.295 e. The molecule has 0 aliphatic carbocycles. The lowest BCUT2D eigenvalue weighted by atomic mass is 9.95. The number of methoxy groups -OCH3 is 2. The van der Waals surface area contributed by atoms with E-state index in [0.717, 1.165) is 13.1 Å². The molecule has 1 atom stereocenters. The number of ketones is 1. The predicted octanol–water partition coefficient (Wildman–Crippen LogP) is 3.61. The zero-order valence-electron chi connectivity index (χ0n) is 19.3. The van der Waals surface area contributed by atoms with Gasteiger partial charge in [-0.3, -0.25) is 9.59 Å². The number of ether oxygens (including phenoxy) is 2. The van der Waals surface area contributed by atoms with Crippen LogP contribution in [0, 0.1) is 5.82 Å². The summed E-state index contributed by atoms with van der Waals surface area (Å²) in [4.78, 5) is 29.8. The number of likely N-dealkylation sites (N-methyl/N-ethyl adjacent to an activating group) is 1. The van der Waals surface area contributed by atoms with Gasteiger partial charge in [0.05, 0.1) is 25.8 Å². The summed E-state index contributed by atoms with van der Waals surface area (Å²) < 4.78 is 24.1. The van der Waals surface area contributed by atoms with Crippen molar-refractivity contribution in [3.05, 3.63) is 65.0 Å². The number of Topliss-reactive ketones (excluding diaryl/α,β-unsaturated/α-hetero) is 1. The Labute approximate surface area is 193 Å². The van der Waals surface area contributed by atoms with E-state index >= 15 is 0 Å². The van der Waals surface area contributed by atoms with E-state index in [4.69, 9.17) is 9.47 Å². The molecular formula is C25H29FN2O5. The number of hydrogen-bond donors (Lipinski definition) is 1. The van der Waals surface area contributed by atoms with Crippen LogP contribution in [-0.4, -0.2) is 67.0 Å². The Kier molecular flexibility index (Phi) is 7.71. The fraction of sp³-hybridized carbons (Fsp3) is 0.360. The average molecular weight is 457 g/mol. The molecule has 1 fully saturated rings. The summed E-state index contributed by atoms with van der Waals surface area (Å²) >= 11 is 0. The van der Waals surface area contributed by atoms with Gasteiger partial charge in [-0.25, -0.2) is 4.39 Å². The third-order valence-corrected chi connectivity index (χ3v) is 5.93. The van der Waals surface area contributed by atoms with Crippen LogP contribution >= 0.6 is 0 Å². The van der Waals surface area contributed by atoms with E-state index in [1.54, 1.807) is 18.2 Å². The molecule has 1 aliphatic heterocycles. The molecule has 1 amide bonds. The molecule has 33 heavy (non-hydrogen) atoms. The molecule has 176 valence electrons. The molecule has 0 aromatic heterocycles. The molecule has 8 heteroatoms. The molecule has 1 N–H and O–H groups in total. The van der Waals surface area contributed by atoms with Crippen molar-refractivity contribution in [1.29, 1.82) is 0 Å². The van der Waals surface area contributed by atoms with Crippen LogP contribution in [0.25, 0.3) is 5.76 Å². The minimum Gasteiger partial charge on any atom is -0.507 e. The lowest BCUT2D eigenvalue weighted by Gasteiger charge is -2.28.